The van der Waals surface area contributed by atoms with Gasteiger partial charge in [-0.1, -0.05) is 12.1 Å². The predicted molar refractivity (Wildman–Crippen MR) is 138 cm³/mol. The largest absolute Gasteiger partial charge is 0.497 e. The van der Waals surface area contributed by atoms with E-state index in [2.05, 4.69) is 10.0 Å². The van der Waals surface area contributed by atoms with Crippen LogP contribution in [0.5, 0.6) is 17.2 Å². The third-order valence-corrected chi connectivity index (χ3v) is 8.04. The molecule has 196 valence electrons. The summed E-state index contributed by atoms with van der Waals surface area (Å²) in [4.78, 5) is 12.8. The van der Waals surface area contributed by atoms with Crippen molar-refractivity contribution in [1.82, 2.24) is 0 Å². The number of nitrogens with one attached hydrogen (secondary N) is 2. The second-order valence-electron chi connectivity index (χ2n) is 8.05. The molecule has 0 saturated heterocycles. The highest BCUT2D eigenvalue weighted by molar-refractivity contribution is 7.92. The Bertz CT molecular complexity index is 1520. The summed E-state index contributed by atoms with van der Waals surface area (Å²) in [5, 5.41) is 2.64. The zero-order valence-electron chi connectivity index (χ0n) is 20.2. The molecule has 3 aromatic carbocycles. The summed E-state index contributed by atoms with van der Waals surface area (Å²) in [6, 6.07) is 16.7. The second-order valence-corrected chi connectivity index (χ2v) is 11.6. The monoisotopic (exact) mass is 547 g/mol. The van der Waals surface area contributed by atoms with Crippen LogP contribution in [0.3, 0.4) is 0 Å². The first-order chi connectivity index (χ1) is 17.5. The normalized spacial score (nSPS) is 15.2. The van der Waals surface area contributed by atoms with E-state index in [4.69, 9.17) is 14.2 Å². The molecule has 1 atom stereocenters. The Balaban J connectivity index is 1.49. The van der Waals surface area contributed by atoms with Gasteiger partial charge in [0.2, 0.25) is 10.0 Å². The van der Waals surface area contributed by atoms with E-state index >= 15 is 0 Å². The molecular weight excluding hydrogens is 522 g/mol. The highest BCUT2D eigenvalue weighted by atomic mass is 32.2. The number of ether oxygens (including phenoxy) is 3. The number of hydrogen-bond donors (Lipinski definition) is 2. The lowest BCUT2D eigenvalue weighted by atomic mass is 10.2. The van der Waals surface area contributed by atoms with Crippen LogP contribution in [0.25, 0.3) is 0 Å². The molecule has 11 nitrogen and oxygen atoms in total. The van der Waals surface area contributed by atoms with Crippen LogP contribution in [-0.4, -0.2) is 55.9 Å². The fourth-order valence-corrected chi connectivity index (χ4v) is 5.67. The first-order valence-corrected chi connectivity index (χ1v) is 14.2. The van der Waals surface area contributed by atoms with E-state index in [0.717, 1.165) is 10.6 Å². The summed E-state index contributed by atoms with van der Waals surface area (Å²) in [5.41, 5.74) is 0.851. The number of nitrogens with zero attached hydrogens (tertiary/aromatic N) is 1. The fourth-order valence-electron chi connectivity index (χ4n) is 3.69. The van der Waals surface area contributed by atoms with E-state index in [1.54, 1.807) is 36.4 Å². The summed E-state index contributed by atoms with van der Waals surface area (Å²) >= 11 is 0. The zero-order chi connectivity index (χ0) is 26.8. The van der Waals surface area contributed by atoms with Crippen LogP contribution in [0.1, 0.15) is 0 Å². The van der Waals surface area contributed by atoms with Crippen LogP contribution in [-0.2, 0) is 24.8 Å². The van der Waals surface area contributed by atoms with Crippen molar-refractivity contribution in [3.05, 3.63) is 66.7 Å². The topological polar surface area (TPSA) is 140 Å². The molecule has 0 bridgehead atoms. The van der Waals surface area contributed by atoms with Crippen LogP contribution >= 0.6 is 0 Å². The minimum Gasteiger partial charge on any atom is -0.497 e. The van der Waals surface area contributed by atoms with Crippen molar-refractivity contribution in [2.45, 2.75) is 11.0 Å². The van der Waals surface area contributed by atoms with Crippen LogP contribution in [0, 0.1) is 0 Å². The second kappa shape index (κ2) is 10.2. The standard InChI is InChI=1S/C24H25N3O8S2/c1-33-17-10-13-21(34-2)19(14-17)26-37(31,32)18-11-8-16(9-12-18)25-24(28)23-15-27(36(3,29)30)20-6-4-5-7-22(20)35-23/h4-14,23,26H,15H2,1-3H3,(H,25,28). The van der Waals surface area contributed by atoms with E-state index in [1.165, 1.54) is 44.6 Å². The maximum Gasteiger partial charge on any atom is 0.267 e. The maximum absolute atomic E-state index is 12.9. The Labute approximate surface area is 215 Å². The molecule has 3 aromatic rings. The number of rotatable bonds is 8. The maximum atomic E-state index is 12.9. The van der Waals surface area contributed by atoms with Gasteiger partial charge >= 0.3 is 0 Å². The van der Waals surface area contributed by atoms with E-state index < -0.39 is 32.1 Å². The Morgan fingerprint density at radius 2 is 1.68 bits per heavy atom. The SMILES string of the molecule is COc1ccc(OC)c(NS(=O)(=O)c2ccc(NC(=O)C3CN(S(C)(=O)=O)c4ccccc4O3)cc2)c1. The minimum atomic E-state index is -3.99. The molecule has 0 radical (unpaired) electrons. The number of sulfonamides is 2. The molecule has 2 N–H and O–H groups in total. The van der Waals surface area contributed by atoms with Gasteiger partial charge in [-0.3, -0.25) is 13.8 Å². The van der Waals surface area contributed by atoms with E-state index in [0.29, 0.717) is 22.9 Å². The lowest BCUT2D eigenvalue weighted by Gasteiger charge is -2.33. The third-order valence-electron chi connectivity index (χ3n) is 5.51. The third kappa shape index (κ3) is 5.73. The van der Waals surface area contributed by atoms with Crippen LogP contribution < -0.4 is 28.6 Å². The molecule has 1 heterocycles. The smallest absolute Gasteiger partial charge is 0.267 e. The van der Waals surface area contributed by atoms with Crippen molar-refractivity contribution in [2.75, 3.05) is 41.4 Å². The van der Waals surface area contributed by atoms with Crippen molar-refractivity contribution in [3.8, 4) is 17.2 Å². The van der Waals surface area contributed by atoms with Gasteiger partial charge in [-0.25, -0.2) is 16.8 Å². The van der Waals surface area contributed by atoms with Gasteiger partial charge in [-0.2, -0.15) is 0 Å². The van der Waals surface area contributed by atoms with Crippen molar-refractivity contribution in [2.24, 2.45) is 0 Å². The zero-order valence-corrected chi connectivity index (χ0v) is 21.8. The number of amides is 1. The first-order valence-electron chi connectivity index (χ1n) is 10.9. The van der Waals surface area contributed by atoms with E-state index in [1.807, 2.05) is 0 Å². The summed E-state index contributed by atoms with van der Waals surface area (Å²) in [6.07, 6.45) is -0.0616. The molecule has 0 saturated carbocycles. The van der Waals surface area contributed by atoms with Gasteiger partial charge in [-0.15, -0.1) is 0 Å². The van der Waals surface area contributed by atoms with Gasteiger partial charge in [0.1, 0.15) is 17.2 Å². The lowest BCUT2D eigenvalue weighted by Crippen LogP contribution is -2.48. The van der Waals surface area contributed by atoms with Crippen LogP contribution in [0.15, 0.2) is 71.6 Å². The number of anilines is 3. The number of fused-ring (bicyclic) bond motifs is 1. The van der Waals surface area contributed by atoms with Gasteiger partial charge in [-0.05, 0) is 48.5 Å². The fraction of sp³-hybridized carbons (Fsp3) is 0.208. The van der Waals surface area contributed by atoms with Crippen molar-refractivity contribution in [1.29, 1.82) is 0 Å². The molecule has 0 spiro atoms. The van der Waals surface area contributed by atoms with Gasteiger partial charge in [0.05, 0.1) is 43.3 Å². The number of methoxy groups -OCH3 is 2. The average Bonchev–Trinajstić information content (AvgIpc) is 2.87. The number of carbonyl (C=O) groups excluding carboxylic acids is 1. The average molecular weight is 548 g/mol. The molecule has 1 amide bonds. The molecule has 0 fully saturated rings. The first kappa shape index (κ1) is 26.1. The molecular formula is C24H25N3O8S2. The summed E-state index contributed by atoms with van der Waals surface area (Å²) in [5.74, 6) is 0.432. The van der Waals surface area contributed by atoms with Crippen LogP contribution in [0.2, 0.25) is 0 Å². The number of para-hydroxylation sites is 2. The lowest BCUT2D eigenvalue weighted by molar-refractivity contribution is -0.122. The van der Waals surface area contributed by atoms with Gasteiger partial charge < -0.3 is 19.5 Å². The highest BCUT2D eigenvalue weighted by Crippen LogP contribution is 2.35. The molecule has 1 unspecified atom stereocenters. The Morgan fingerprint density at radius 1 is 0.973 bits per heavy atom. The summed E-state index contributed by atoms with van der Waals surface area (Å²) in [7, 11) is -4.76. The Morgan fingerprint density at radius 3 is 2.32 bits per heavy atom. The van der Waals surface area contributed by atoms with E-state index in [9.17, 15) is 21.6 Å². The summed E-state index contributed by atoms with van der Waals surface area (Å²) in [6.45, 7) is -0.208. The number of benzene rings is 3. The van der Waals surface area contributed by atoms with Crippen molar-refractivity contribution < 1.29 is 35.8 Å². The Hall–Kier alpha value is -3.97. The summed E-state index contributed by atoms with van der Waals surface area (Å²) < 4.78 is 70.1. The molecule has 0 aliphatic carbocycles. The van der Waals surface area contributed by atoms with E-state index in [-0.39, 0.29) is 22.9 Å². The molecule has 0 aromatic heterocycles. The predicted octanol–water partition coefficient (Wildman–Crippen LogP) is 2.67. The Kier molecular flexibility index (Phi) is 7.18. The molecule has 1 aliphatic rings. The van der Waals surface area contributed by atoms with Gasteiger partial charge in [0, 0.05) is 11.8 Å². The molecule has 37 heavy (non-hydrogen) atoms. The van der Waals surface area contributed by atoms with Gasteiger partial charge in [0.15, 0.2) is 6.10 Å². The molecule has 4 rings (SSSR count). The van der Waals surface area contributed by atoms with Gasteiger partial charge in [0.25, 0.3) is 15.9 Å². The minimum absolute atomic E-state index is 0.0542. The van der Waals surface area contributed by atoms with Crippen molar-refractivity contribution >= 4 is 43.0 Å². The molecule has 13 heteroatoms. The number of hydrogen-bond acceptors (Lipinski definition) is 8. The quantitative estimate of drug-likeness (QED) is 0.439. The number of carbonyl (C=O) groups is 1. The molecule has 1 aliphatic heterocycles. The van der Waals surface area contributed by atoms with Crippen molar-refractivity contribution in [3.63, 3.8) is 0 Å². The van der Waals surface area contributed by atoms with Crippen LogP contribution in [0.4, 0.5) is 17.1 Å². The highest BCUT2D eigenvalue weighted by Gasteiger charge is 2.35.